The van der Waals surface area contributed by atoms with Crippen LogP contribution in [0, 0.1) is 5.82 Å². The van der Waals surface area contributed by atoms with Crippen LogP contribution in [0.25, 0.3) is 0 Å². The van der Waals surface area contributed by atoms with E-state index in [1.165, 1.54) is 12.1 Å². The molecular formula is C15H14FN3O. The second-order valence-corrected chi connectivity index (χ2v) is 4.93. The van der Waals surface area contributed by atoms with Crippen molar-refractivity contribution in [3.05, 3.63) is 59.2 Å². The van der Waals surface area contributed by atoms with E-state index in [1.807, 2.05) is 6.07 Å². The Morgan fingerprint density at radius 2 is 1.90 bits per heavy atom. The minimum Gasteiger partial charge on any atom is -0.347 e. The predicted molar refractivity (Wildman–Crippen MR) is 71.6 cm³/mol. The summed E-state index contributed by atoms with van der Waals surface area (Å²) >= 11 is 0. The highest BCUT2D eigenvalue weighted by molar-refractivity contribution is 5.91. The van der Waals surface area contributed by atoms with Crippen LogP contribution < -0.4 is 5.32 Å². The van der Waals surface area contributed by atoms with Crippen LogP contribution in [0.2, 0.25) is 0 Å². The Hall–Kier alpha value is -2.30. The first-order valence-electron chi connectivity index (χ1n) is 6.58. The fourth-order valence-corrected chi connectivity index (χ4v) is 1.94. The SMILES string of the molecule is O=C(NCc1ccc(F)cc1)c1ccc(C2CC2)nn1. The van der Waals surface area contributed by atoms with Crippen molar-refractivity contribution in [2.75, 3.05) is 0 Å². The zero-order valence-corrected chi connectivity index (χ0v) is 10.8. The Labute approximate surface area is 116 Å². The molecule has 0 unspecified atom stereocenters. The average Bonchev–Trinajstić information content (AvgIpc) is 3.31. The van der Waals surface area contributed by atoms with Crippen molar-refractivity contribution in [3.8, 4) is 0 Å². The summed E-state index contributed by atoms with van der Waals surface area (Å²) in [5, 5.41) is 10.7. The molecule has 4 nitrogen and oxygen atoms in total. The van der Waals surface area contributed by atoms with E-state index in [0.29, 0.717) is 18.2 Å². The maximum atomic E-state index is 12.8. The lowest BCUT2D eigenvalue weighted by Crippen LogP contribution is -2.24. The molecule has 20 heavy (non-hydrogen) atoms. The van der Waals surface area contributed by atoms with Crippen molar-refractivity contribution in [1.82, 2.24) is 15.5 Å². The predicted octanol–water partition coefficient (Wildman–Crippen LogP) is 2.42. The Morgan fingerprint density at radius 3 is 2.50 bits per heavy atom. The van der Waals surface area contributed by atoms with Crippen LogP contribution in [0.1, 0.15) is 40.5 Å². The van der Waals surface area contributed by atoms with Gasteiger partial charge < -0.3 is 5.32 Å². The van der Waals surface area contributed by atoms with E-state index in [4.69, 9.17) is 0 Å². The molecule has 1 amide bonds. The van der Waals surface area contributed by atoms with Crippen LogP contribution in [0.4, 0.5) is 4.39 Å². The van der Waals surface area contributed by atoms with Gasteiger partial charge in [-0.3, -0.25) is 4.79 Å². The summed E-state index contributed by atoms with van der Waals surface area (Å²) in [7, 11) is 0. The van der Waals surface area contributed by atoms with Gasteiger partial charge in [0.2, 0.25) is 0 Å². The zero-order valence-electron chi connectivity index (χ0n) is 10.8. The maximum Gasteiger partial charge on any atom is 0.272 e. The summed E-state index contributed by atoms with van der Waals surface area (Å²) in [5.41, 5.74) is 2.10. The highest BCUT2D eigenvalue weighted by Crippen LogP contribution is 2.38. The third kappa shape index (κ3) is 2.99. The van der Waals surface area contributed by atoms with Crippen LogP contribution in [0.5, 0.6) is 0 Å². The van der Waals surface area contributed by atoms with Gasteiger partial charge in [-0.15, -0.1) is 5.10 Å². The van der Waals surface area contributed by atoms with E-state index >= 15 is 0 Å². The number of carbonyl (C=O) groups excluding carboxylic acids is 1. The lowest BCUT2D eigenvalue weighted by Gasteiger charge is -2.05. The van der Waals surface area contributed by atoms with Crippen molar-refractivity contribution >= 4 is 5.91 Å². The summed E-state index contributed by atoms with van der Waals surface area (Å²) in [5.74, 6) is -0.0374. The second-order valence-electron chi connectivity index (χ2n) is 4.93. The second kappa shape index (κ2) is 5.36. The Kier molecular flexibility index (Phi) is 3.41. The molecule has 0 spiro atoms. The van der Waals surface area contributed by atoms with Gasteiger partial charge in [0, 0.05) is 12.5 Å². The molecular weight excluding hydrogens is 257 g/mol. The molecule has 5 heteroatoms. The van der Waals surface area contributed by atoms with Crippen LogP contribution in [0.15, 0.2) is 36.4 Å². The van der Waals surface area contributed by atoms with Gasteiger partial charge in [-0.1, -0.05) is 12.1 Å². The number of nitrogens with one attached hydrogen (secondary N) is 1. The van der Waals surface area contributed by atoms with Gasteiger partial charge in [0.05, 0.1) is 5.69 Å². The molecule has 2 aromatic rings. The minimum atomic E-state index is -0.290. The summed E-state index contributed by atoms with van der Waals surface area (Å²) in [4.78, 5) is 11.9. The Bertz CT molecular complexity index is 606. The van der Waals surface area contributed by atoms with Crippen molar-refractivity contribution in [1.29, 1.82) is 0 Å². The molecule has 3 rings (SSSR count). The molecule has 102 valence electrons. The fourth-order valence-electron chi connectivity index (χ4n) is 1.94. The van der Waals surface area contributed by atoms with Gasteiger partial charge in [0.15, 0.2) is 5.69 Å². The smallest absolute Gasteiger partial charge is 0.272 e. The number of hydrogen-bond acceptors (Lipinski definition) is 3. The molecule has 0 radical (unpaired) electrons. The van der Waals surface area contributed by atoms with Crippen LogP contribution >= 0.6 is 0 Å². The molecule has 1 aromatic carbocycles. The molecule has 0 bridgehead atoms. The van der Waals surface area contributed by atoms with E-state index < -0.39 is 0 Å². The number of hydrogen-bond donors (Lipinski definition) is 1. The molecule has 1 fully saturated rings. The van der Waals surface area contributed by atoms with E-state index in [9.17, 15) is 9.18 Å². The Morgan fingerprint density at radius 1 is 1.15 bits per heavy atom. The van der Waals surface area contributed by atoms with Crippen LogP contribution in [-0.4, -0.2) is 16.1 Å². The van der Waals surface area contributed by atoms with E-state index in [1.54, 1.807) is 18.2 Å². The quantitative estimate of drug-likeness (QED) is 0.929. The van der Waals surface area contributed by atoms with Gasteiger partial charge in [-0.25, -0.2) is 4.39 Å². The maximum absolute atomic E-state index is 12.8. The lowest BCUT2D eigenvalue weighted by atomic mass is 10.2. The molecule has 1 aliphatic rings. The summed E-state index contributed by atoms with van der Waals surface area (Å²) in [6.07, 6.45) is 2.32. The number of benzene rings is 1. The monoisotopic (exact) mass is 271 g/mol. The molecule has 0 atom stereocenters. The molecule has 0 saturated heterocycles. The molecule has 1 aromatic heterocycles. The molecule has 0 aliphatic heterocycles. The molecule has 1 heterocycles. The van der Waals surface area contributed by atoms with Crippen molar-refractivity contribution in [3.63, 3.8) is 0 Å². The fraction of sp³-hybridized carbons (Fsp3) is 0.267. The summed E-state index contributed by atoms with van der Waals surface area (Å²) < 4.78 is 12.8. The van der Waals surface area contributed by atoms with Gasteiger partial charge in [-0.2, -0.15) is 5.10 Å². The third-order valence-electron chi connectivity index (χ3n) is 3.28. The number of halogens is 1. The number of carbonyl (C=O) groups is 1. The first-order chi connectivity index (χ1) is 9.72. The van der Waals surface area contributed by atoms with Gasteiger partial charge in [0.25, 0.3) is 5.91 Å². The molecule has 1 saturated carbocycles. The highest BCUT2D eigenvalue weighted by atomic mass is 19.1. The number of amides is 1. The van der Waals surface area contributed by atoms with Crippen molar-refractivity contribution in [2.24, 2.45) is 0 Å². The minimum absolute atomic E-state index is 0.274. The van der Waals surface area contributed by atoms with E-state index in [-0.39, 0.29) is 11.7 Å². The Balaban J connectivity index is 1.59. The number of aromatic nitrogens is 2. The normalized spacial score (nSPS) is 14.1. The molecule has 1 aliphatic carbocycles. The summed E-state index contributed by atoms with van der Waals surface area (Å²) in [6.45, 7) is 0.338. The lowest BCUT2D eigenvalue weighted by molar-refractivity contribution is 0.0945. The third-order valence-corrected chi connectivity index (χ3v) is 3.28. The van der Waals surface area contributed by atoms with E-state index in [0.717, 1.165) is 24.1 Å². The standard InChI is InChI=1S/C15H14FN3O/c16-12-5-1-10(2-6-12)9-17-15(20)14-8-7-13(18-19-14)11-3-4-11/h1-2,5-8,11H,3-4,9H2,(H,17,20). The highest BCUT2D eigenvalue weighted by Gasteiger charge is 2.25. The van der Waals surface area contributed by atoms with E-state index in [2.05, 4.69) is 15.5 Å². The summed E-state index contributed by atoms with van der Waals surface area (Å²) in [6, 6.07) is 9.56. The first kappa shape index (κ1) is 12.7. The van der Waals surface area contributed by atoms with Crippen LogP contribution in [0.3, 0.4) is 0 Å². The van der Waals surface area contributed by atoms with Gasteiger partial charge >= 0.3 is 0 Å². The topological polar surface area (TPSA) is 54.9 Å². The van der Waals surface area contributed by atoms with Crippen LogP contribution in [-0.2, 0) is 6.54 Å². The zero-order chi connectivity index (χ0) is 13.9. The van der Waals surface area contributed by atoms with Gasteiger partial charge in [-0.05, 0) is 42.7 Å². The molecule has 1 N–H and O–H groups in total. The first-order valence-corrected chi connectivity index (χ1v) is 6.58. The number of rotatable bonds is 4. The average molecular weight is 271 g/mol. The van der Waals surface area contributed by atoms with Gasteiger partial charge in [0.1, 0.15) is 5.82 Å². The van der Waals surface area contributed by atoms with Crippen molar-refractivity contribution in [2.45, 2.75) is 25.3 Å². The van der Waals surface area contributed by atoms with Crippen molar-refractivity contribution < 1.29 is 9.18 Å². The largest absolute Gasteiger partial charge is 0.347 e. The number of nitrogens with zero attached hydrogens (tertiary/aromatic N) is 2.